The fourth-order valence-electron chi connectivity index (χ4n) is 1.25. The summed E-state index contributed by atoms with van der Waals surface area (Å²) in [5.74, 6) is 1.51. The van der Waals surface area contributed by atoms with Crippen molar-refractivity contribution >= 4 is 11.8 Å². The van der Waals surface area contributed by atoms with E-state index in [-0.39, 0.29) is 5.56 Å². The van der Waals surface area contributed by atoms with E-state index in [1.807, 2.05) is 14.0 Å². The highest BCUT2D eigenvalue weighted by atomic mass is 32.2. The van der Waals surface area contributed by atoms with E-state index >= 15 is 0 Å². The van der Waals surface area contributed by atoms with Crippen LogP contribution in [0.25, 0.3) is 0 Å². The molecule has 0 bridgehead atoms. The van der Waals surface area contributed by atoms with Gasteiger partial charge >= 0.3 is 0 Å². The summed E-state index contributed by atoms with van der Waals surface area (Å²) < 4.78 is 0. The monoisotopic (exact) mass is 227 g/mol. The van der Waals surface area contributed by atoms with Crippen LogP contribution in [0.3, 0.4) is 0 Å². The maximum Gasteiger partial charge on any atom is 0.251 e. The molecule has 0 aliphatic carbocycles. The molecular formula is C10H17N3OS. The van der Waals surface area contributed by atoms with Gasteiger partial charge in [-0.1, -0.05) is 18.7 Å². The summed E-state index contributed by atoms with van der Waals surface area (Å²) in [6.07, 6.45) is 0. The molecule has 4 nitrogen and oxygen atoms in total. The third kappa shape index (κ3) is 4.48. The van der Waals surface area contributed by atoms with Crippen molar-refractivity contribution in [2.75, 3.05) is 19.3 Å². The van der Waals surface area contributed by atoms with Crippen LogP contribution in [0.4, 0.5) is 0 Å². The zero-order valence-electron chi connectivity index (χ0n) is 9.33. The molecule has 5 heteroatoms. The number of nitrogens with zero attached hydrogens (tertiary/aromatic N) is 1. The van der Waals surface area contributed by atoms with E-state index in [1.165, 1.54) is 6.07 Å². The normalized spacial score (nSPS) is 12.7. The van der Waals surface area contributed by atoms with Gasteiger partial charge in [-0.05, 0) is 26.4 Å². The van der Waals surface area contributed by atoms with Gasteiger partial charge in [0.2, 0.25) is 0 Å². The van der Waals surface area contributed by atoms with Crippen molar-refractivity contribution in [1.82, 2.24) is 15.3 Å². The minimum Gasteiger partial charge on any atom is -0.319 e. The highest BCUT2D eigenvalue weighted by molar-refractivity contribution is 7.99. The van der Waals surface area contributed by atoms with E-state index in [1.54, 1.807) is 11.8 Å². The second-order valence-electron chi connectivity index (χ2n) is 3.67. The molecule has 1 heterocycles. The van der Waals surface area contributed by atoms with Crippen LogP contribution in [-0.2, 0) is 0 Å². The average molecular weight is 227 g/mol. The van der Waals surface area contributed by atoms with Gasteiger partial charge in [0.25, 0.3) is 5.56 Å². The molecule has 0 fully saturated rings. The van der Waals surface area contributed by atoms with E-state index in [9.17, 15) is 4.79 Å². The Kier molecular flexibility index (Phi) is 4.84. The number of aromatic amines is 1. The van der Waals surface area contributed by atoms with Crippen LogP contribution in [0.1, 0.15) is 12.6 Å². The maximum atomic E-state index is 11.2. The molecule has 1 aromatic rings. The van der Waals surface area contributed by atoms with Gasteiger partial charge in [0.1, 0.15) is 0 Å². The van der Waals surface area contributed by atoms with Crippen LogP contribution in [0.2, 0.25) is 0 Å². The van der Waals surface area contributed by atoms with E-state index in [0.717, 1.165) is 18.0 Å². The SMILES string of the molecule is CNCC(C)CSc1nc(C)cc(=O)[nH]1. The molecule has 0 saturated carbocycles. The van der Waals surface area contributed by atoms with Crippen molar-refractivity contribution in [2.24, 2.45) is 5.92 Å². The Bertz CT molecular complexity index is 364. The first-order valence-corrected chi connectivity index (χ1v) is 5.95. The van der Waals surface area contributed by atoms with Gasteiger partial charge in [0.05, 0.1) is 0 Å². The van der Waals surface area contributed by atoms with Crippen molar-refractivity contribution in [3.63, 3.8) is 0 Å². The second kappa shape index (κ2) is 5.92. The fraction of sp³-hybridized carbons (Fsp3) is 0.600. The highest BCUT2D eigenvalue weighted by Crippen LogP contribution is 2.14. The van der Waals surface area contributed by atoms with E-state index in [0.29, 0.717) is 11.1 Å². The second-order valence-corrected chi connectivity index (χ2v) is 4.67. The van der Waals surface area contributed by atoms with Gasteiger partial charge in [-0.2, -0.15) is 0 Å². The molecule has 0 aromatic carbocycles. The van der Waals surface area contributed by atoms with Gasteiger partial charge in [-0.3, -0.25) is 4.79 Å². The number of aromatic nitrogens is 2. The summed E-state index contributed by atoms with van der Waals surface area (Å²) in [6.45, 7) is 4.97. The maximum absolute atomic E-state index is 11.2. The first-order valence-electron chi connectivity index (χ1n) is 4.97. The molecule has 0 spiro atoms. The van der Waals surface area contributed by atoms with E-state index in [4.69, 9.17) is 0 Å². The van der Waals surface area contributed by atoms with Crippen LogP contribution < -0.4 is 10.9 Å². The molecule has 0 saturated heterocycles. The lowest BCUT2D eigenvalue weighted by molar-refractivity contribution is 0.603. The lowest BCUT2D eigenvalue weighted by atomic mass is 10.2. The largest absolute Gasteiger partial charge is 0.319 e. The summed E-state index contributed by atoms with van der Waals surface area (Å²) >= 11 is 1.59. The number of nitrogens with one attached hydrogen (secondary N) is 2. The van der Waals surface area contributed by atoms with E-state index < -0.39 is 0 Å². The van der Waals surface area contributed by atoms with Gasteiger partial charge in [0, 0.05) is 17.5 Å². The Morgan fingerprint density at radius 1 is 1.67 bits per heavy atom. The zero-order chi connectivity index (χ0) is 11.3. The molecule has 15 heavy (non-hydrogen) atoms. The van der Waals surface area contributed by atoms with Gasteiger partial charge in [-0.15, -0.1) is 0 Å². The molecule has 0 radical (unpaired) electrons. The lowest BCUT2D eigenvalue weighted by Gasteiger charge is -2.09. The molecule has 1 unspecified atom stereocenters. The predicted octanol–water partition coefficient (Wildman–Crippen LogP) is 1.03. The van der Waals surface area contributed by atoms with Gasteiger partial charge < -0.3 is 10.3 Å². The molecule has 0 aliphatic heterocycles. The Morgan fingerprint density at radius 2 is 2.40 bits per heavy atom. The van der Waals surface area contributed by atoms with Crippen LogP contribution in [0.15, 0.2) is 16.0 Å². The molecular weight excluding hydrogens is 210 g/mol. The first-order chi connectivity index (χ1) is 7.11. The molecule has 0 aliphatic rings. The summed E-state index contributed by atoms with van der Waals surface area (Å²) in [6, 6.07) is 1.50. The third-order valence-corrected chi connectivity index (χ3v) is 3.11. The van der Waals surface area contributed by atoms with Crippen LogP contribution in [-0.4, -0.2) is 29.3 Å². The number of hydrogen-bond donors (Lipinski definition) is 2. The van der Waals surface area contributed by atoms with Crippen molar-refractivity contribution < 1.29 is 0 Å². The third-order valence-electron chi connectivity index (χ3n) is 1.91. The van der Waals surface area contributed by atoms with Gasteiger partial charge in [-0.25, -0.2) is 4.98 Å². The standard InChI is InChI=1S/C10H17N3OS/c1-7(5-11-3)6-15-10-12-8(2)4-9(14)13-10/h4,7,11H,5-6H2,1-3H3,(H,12,13,14). The lowest BCUT2D eigenvalue weighted by Crippen LogP contribution is -2.18. The zero-order valence-corrected chi connectivity index (χ0v) is 10.1. The Hall–Kier alpha value is -0.810. The number of hydrogen-bond acceptors (Lipinski definition) is 4. The highest BCUT2D eigenvalue weighted by Gasteiger charge is 2.04. The number of rotatable bonds is 5. The van der Waals surface area contributed by atoms with Crippen LogP contribution in [0.5, 0.6) is 0 Å². The minimum absolute atomic E-state index is 0.0775. The average Bonchev–Trinajstić information content (AvgIpc) is 2.14. The van der Waals surface area contributed by atoms with Crippen molar-refractivity contribution in [3.8, 4) is 0 Å². The predicted molar refractivity (Wildman–Crippen MR) is 63.4 cm³/mol. The Balaban J connectivity index is 2.54. The Labute approximate surface area is 93.9 Å². The molecule has 2 N–H and O–H groups in total. The van der Waals surface area contributed by atoms with Crippen molar-refractivity contribution in [3.05, 3.63) is 22.1 Å². The summed E-state index contributed by atoms with van der Waals surface area (Å²) in [7, 11) is 1.94. The van der Waals surface area contributed by atoms with Crippen molar-refractivity contribution in [2.45, 2.75) is 19.0 Å². The smallest absolute Gasteiger partial charge is 0.251 e. The molecule has 1 atom stereocenters. The summed E-state index contributed by atoms with van der Waals surface area (Å²) in [5.41, 5.74) is 0.689. The summed E-state index contributed by atoms with van der Waals surface area (Å²) in [4.78, 5) is 18.1. The molecule has 1 aromatic heterocycles. The van der Waals surface area contributed by atoms with E-state index in [2.05, 4.69) is 22.2 Å². The molecule has 1 rings (SSSR count). The minimum atomic E-state index is -0.0775. The summed E-state index contributed by atoms with van der Waals surface area (Å²) in [5, 5.41) is 3.83. The Morgan fingerprint density at radius 3 is 3.00 bits per heavy atom. The quantitative estimate of drug-likeness (QED) is 0.582. The molecule has 0 amide bonds. The van der Waals surface area contributed by atoms with Crippen LogP contribution >= 0.6 is 11.8 Å². The number of H-pyrrole nitrogens is 1. The number of thioether (sulfide) groups is 1. The van der Waals surface area contributed by atoms with Crippen LogP contribution in [0, 0.1) is 12.8 Å². The molecule has 84 valence electrons. The van der Waals surface area contributed by atoms with Gasteiger partial charge in [0.15, 0.2) is 5.16 Å². The first kappa shape index (κ1) is 12.3. The topological polar surface area (TPSA) is 57.8 Å². The fourth-order valence-corrected chi connectivity index (χ4v) is 2.19. The van der Waals surface area contributed by atoms with Crippen molar-refractivity contribution in [1.29, 1.82) is 0 Å². The number of aryl methyl sites for hydroxylation is 1.